The molecule has 1 saturated carbocycles. The van der Waals surface area contributed by atoms with E-state index in [0.717, 1.165) is 24.8 Å². The van der Waals surface area contributed by atoms with Crippen molar-refractivity contribution >= 4 is 11.8 Å². The third kappa shape index (κ3) is 2.53. The Bertz CT molecular complexity index is 471. The average Bonchev–Trinajstić information content (AvgIpc) is 2.77. The lowest BCUT2D eigenvalue weighted by molar-refractivity contribution is -0.122. The first-order valence-corrected chi connectivity index (χ1v) is 6.25. The summed E-state index contributed by atoms with van der Waals surface area (Å²) in [6.45, 7) is 1.90. The van der Waals surface area contributed by atoms with Crippen LogP contribution in [0.5, 0.6) is 0 Å². The first kappa shape index (κ1) is 12.6. The van der Waals surface area contributed by atoms with Gasteiger partial charge in [0.25, 0.3) is 5.91 Å². The van der Waals surface area contributed by atoms with Crippen molar-refractivity contribution in [3.8, 4) is 0 Å². The molecule has 3 N–H and O–H groups in total. The second kappa shape index (κ2) is 5.21. The van der Waals surface area contributed by atoms with Crippen LogP contribution in [0.1, 0.15) is 35.2 Å². The van der Waals surface area contributed by atoms with Crippen LogP contribution in [0.25, 0.3) is 0 Å². The summed E-state index contributed by atoms with van der Waals surface area (Å²) >= 11 is 0. The van der Waals surface area contributed by atoms with Crippen LogP contribution in [0.3, 0.4) is 0 Å². The Morgan fingerprint density at radius 2 is 2.00 bits per heavy atom. The SMILES string of the molecule is Cc1ccccc1C(=O)N[C@H]1CCC[C@H]1C(N)=O. The lowest BCUT2D eigenvalue weighted by Crippen LogP contribution is -2.42. The molecule has 2 amide bonds. The molecule has 0 aliphatic heterocycles. The molecule has 0 saturated heterocycles. The van der Waals surface area contributed by atoms with E-state index >= 15 is 0 Å². The number of amides is 2. The fourth-order valence-electron chi connectivity index (χ4n) is 2.55. The highest BCUT2D eigenvalue weighted by Gasteiger charge is 2.32. The van der Waals surface area contributed by atoms with Crippen LogP contribution in [0.2, 0.25) is 0 Å². The van der Waals surface area contributed by atoms with Crippen LogP contribution >= 0.6 is 0 Å². The minimum Gasteiger partial charge on any atom is -0.369 e. The van der Waals surface area contributed by atoms with E-state index in [4.69, 9.17) is 5.73 Å². The van der Waals surface area contributed by atoms with Gasteiger partial charge in [-0.2, -0.15) is 0 Å². The molecule has 0 spiro atoms. The summed E-state index contributed by atoms with van der Waals surface area (Å²) in [7, 11) is 0. The van der Waals surface area contributed by atoms with E-state index in [9.17, 15) is 9.59 Å². The van der Waals surface area contributed by atoms with Crippen molar-refractivity contribution in [3.05, 3.63) is 35.4 Å². The quantitative estimate of drug-likeness (QED) is 0.845. The van der Waals surface area contributed by atoms with Gasteiger partial charge in [-0.3, -0.25) is 9.59 Å². The molecule has 2 atom stereocenters. The molecule has 18 heavy (non-hydrogen) atoms. The number of carbonyl (C=O) groups is 2. The van der Waals surface area contributed by atoms with Crippen molar-refractivity contribution in [1.82, 2.24) is 5.32 Å². The molecule has 1 aliphatic rings. The zero-order valence-corrected chi connectivity index (χ0v) is 10.5. The average molecular weight is 246 g/mol. The number of rotatable bonds is 3. The first-order chi connectivity index (χ1) is 8.59. The van der Waals surface area contributed by atoms with Crippen molar-refractivity contribution in [1.29, 1.82) is 0 Å². The van der Waals surface area contributed by atoms with Crippen LogP contribution in [0.4, 0.5) is 0 Å². The summed E-state index contributed by atoms with van der Waals surface area (Å²) in [5.74, 6) is -0.660. The molecule has 1 aromatic rings. The summed E-state index contributed by atoms with van der Waals surface area (Å²) in [6.07, 6.45) is 2.53. The van der Waals surface area contributed by atoms with Gasteiger partial charge >= 0.3 is 0 Å². The molecule has 0 unspecified atom stereocenters. The second-order valence-corrected chi connectivity index (χ2v) is 4.83. The molecule has 2 rings (SSSR count). The maximum atomic E-state index is 12.1. The van der Waals surface area contributed by atoms with Crippen LogP contribution in [-0.2, 0) is 4.79 Å². The van der Waals surface area contributed by atoms with Crippen molar-refractivity contribution in [3.63, 3.8) is 0 Å². The van der Waals surface area contributed by atoms with Gasteiger partial charge in [-0.1, -0.05) is 24.6 Å². The van der Waals surface area contributed by atoms with Crippen LogP contribution in [0, 0.1) is 12.8 Å². The molecule has 1 fully saturated rings. The third-order valence-corrected chi connectivity index (χ3v) is 3.59. The fourth-order valence-corrected chi connectivity index (χ4v) is 2.55. The van der Waals surface area contributed by atoms with Gasteiger partial charge in [-0.15, -0.1) is 0 Å². The predicted molar refractivity (Wildman–Crippen MR) is 69.0 cm³/mol. The van der Waals surface area contributed by atoms with Gasteiger partial charge in [-0.25, -0.2) is 0 Å². The van der Waals surface area contributed by atoms with Gasteiger partial charge < -0.3 is 11.1 Å². The number of nitrogens with two attached hydrogens (primary N) is 1. The molecule has 1 aliphatic carbocycles. The summed E-state index contributed by atoms with van der Waals surface area (Å²) in [5, 5.41) is 2.93. The Kier molecular flexibility index (Phi) is 3.65. The monoisotopic (exact) mass is 246 g/mol. The number of primary amides is 1. The molecule has 4 heteroatoms. The summed E-state index contributed by atoms with van der Waals surface area (Å²) in [5.41, 5.74) is 6.94. The Morgan fingerprint density at radius 1 is 1.28 bits per heavy atom. The van der Waals surface area contributed by atoms with E-state index in [-0.39, 0.29) is 23.8 Å². The van der Waals surface area contributed by atoms with E-state index in [1.165, 1.54) is 0 Å². The number of nitrogens with one attached hydrogen (secondary N) is 1. The number of aryl methyl sites for hydroxylation is 1. The molecule has 0 aromatic heterocycles. The number of hydrogen-bond donors (Lipinski definition) is 2. The van der Waals surface area contributed by atoms with Crippen molar-refractivity contribution < 1.29 is 9.59 Å². The topological polar surface area (TPSA) is 72.2 Å². The second-order valence-electron chi connectivity index (χ2n) is 4.83. The van der Waals surface area contributed by atoms with E-state index in [2.05, 4.69) is 5.32 Å². The third-order valence-electron chi connectivity index (χ3n) is 3.59. The largest absolute Gasteiger partial charge is 0.369 e. The Morgan fingerprint density at radius 3 is 2.67 bits per heavy atom. The van der Waals surface area contributed by atoms with Gasteiger partial charge in [0, 0.05) is 11.6 Å². The number of benzene rings is 1. The van der Waals surface area contributed by atoms with Crippen molar-refractivity contribution in [2.24, 2.45) is 11.7 Å². The summed E-state index contributed by atoms with van der Waals surface area (Å²) < 4.78 is 0. The molecule has 0 heterocycles. The minimum atomic E-state index is -0.317. The smallest absolute Gasteiger partial charge is 0.251 e. The van der Waals surface area contributed by atoms with E-state index in [1.807, 2.05) is 25.1 Å². The highest BCUT2D eigenvalue weighted by atomic mass is 16.2. The summed E-state index contributed by atoms with van der Waals surface area (Å²) in [4.78, 5) is 23.4. The molecule has 4 nitrogen and oxygen atoms in total. The first-order valence-electron chi connectivity index (χ1n) is 6.25. The van der Waals surface area contributed by atoms with E-state index in [0.29, 0.717) is 5.56 Å². The van der Waals surface area contributed by atoms with Gasteiger partial charge in [0.1, 0.15) is 0 Å². The van der Waals surface area contributed by atoms with Gasteiger partial charge in [0.15, 0.2) is 0 Å². The maximum absolute atomic E-state index is 12.1. The zero-order chi connectivity index (χ0) is 13.1. The fraction of sp³-hybridized carbons (Fsp3) is 0.429. The highest BCUT2D eigenvalue weighted by Crippen LogP contribution is 2.25. The van der Waals surface area contributed by atoms with Gasteiger partial charge in [0.05, 0.1) is 5.92 Å². The maximum Gasteiger partial charge on any atom is 0.251 e. The standard InChI is InChI=1S/C14H18N2O2/c1-9-5-2-3-6-10(9)14(18)16-12-8-4-7-11(12)13(15)17/h2-3,5-6,11-12H,4,7-8H2,1H3,(H2,15,17)(H,16,18)/t11-,12+/m1/s1. The molecule has 1 aromatic carbocycles. The van der Waals surface area contributed by atoms with Gasteiger partial charge in [-0.05, 0) is 31.4 Å². The lowest BCUT2D eigenvalue weighted by atomic mass is 10.0. The van der Waals surface area contributed by atoms with E-state index in [1.54, 1.807) is 6.07 Å². The Hall–Kier alpha value is -1.84. The lowest BCUT2D eigenvalue weighted by Gasteiger charge is -2.18. The van der Waals surface area contributed by atoms with Crippen molar-refractivity contribution in [2.75, 3.05) is 0 Å². The van der Waals surface area contributed by atoms with Crippen LogP contribution in [0.15, 0.2) is 24.3 Å². The molecule has 0 radical (unpaired) electrons. The number of carbonyl (C=O) groups excluding carboxylic acids is 2. The minimum absolute atomic E-state index is 0.116. The van der Waals surface area contributed by atoms with Crippen LogP contribution in [-0.4, -0.2) is 17.9 Å². The van der Waals surface area contributed by atoms with E-state index < -0.39 is 0 Å². The Labute approximate surface area is 107 Å². The summed E-state index contributed by atoms with van der Waals surface area (Å²) in [6, 6.07) is 7.30. The molecule has 0 bridgehead atoms. The predicted octanol–water partition coefficient (Wildman–Crippen LogP) is 1.38. The van der Waals surface area contributed by atoms with Gasteiger partial charge in [0.2, 0.25) is 5.91 Å². The Balaban J connectivity index is 2.08. The van der Waals surface area contributed by atoms with Crippen molar-refractivity contribution in [2.45, 2.75) is 32.2 Å². The highest BCUT2D eigenvalue weighted by molar-refractivity contribution is 5.96. The normalized spacial score (nSPS) is 22.7. The molecule has 96 valence electrons. The van der Waals surface area contributed by atoms with Crippen LogP contribution < -0.4 is 11.1 Å². The number of hydrogen-bond acceptors (Lipinski definition) is 2. The zero-order valence-electron chi connectivity index (χ0n) is 10.5. The molecular weight excluding hydrogens is 228 g/mol. The molecular formula is C14H18N2O2.